The summed E-state index contributed by atoms with van der Waals surface area (Å²) in [7, 11) is 0. The normalized spacial score (nSPS) is 10.1. The van der Waals surface area contributed by atoms with E-state index in [1.165, 1.54) is 0 Å². The second-order valence-electron chi connectivity index (χ2n) is 3.33. The third kappa shape index (κ3) is 1.73. The highest BCUT2D eigenvalue weighted by atomic mass is 35.5. The Morgan fingerprint density at radius 3 is 2.81 bits per heavy atom. The van der Waals surface area contributed by atoms with Gasteiger partial charge in [-0.2, -0.15) is 10.2 Å². The van der Waals surface area contributed by atoms with Gasteiger partial charge in [-0.15, -0.1) is 0 Å². The van der Waals surface area contributed by atoms with Gasteiger partial charge in [0.2, 0.25) is 17.5 Å². The second kappa shape index (κ2) is 3.87. The number of anilines is 1. The quantitative estimate of drug-likeness (QED) is 0.822. The highest BCUT2D eigenvalue weighted by Gasteiger charge is 2.14. The first-order valence-corrected chi connectivity index (χ1v) is 4.92. The molecular weight excluding hydrogens is 226 g/mol. The van der Waals surface area contributed by atoms with Crippen molar-refractivity contribution in [3.63, 3.8) is 0 Å². The molecule has 0 aliphatic carbocycles. The van der Waals surface area contributed by atoms with Crippen molar-refractivity contribution in [2.75, 3.05) is 5.73 Å². The third-order valence-electron chi connectivity index (χ3n) is 2.11. The first-order valence-electron chi connectivity index (χ1n) is 4.54. The fraction of sp³-hybridized carbons (Fsp3) is 0.0909. The minimum Gasteiger partial charge on any atom is -0.419 e. The third-order valence-corrected chi connectivity index (χ3v) is 2.43. The Balaban J connectivity index is 2.55. The Hall–Kier alpha value is -1.99. The molecular formula is C11H8ClN3O. The van der Waals surface area contributed by atoms with Crippen LogP contribution >= 0.6 is 11.6 Å². The lowest BCUT2D eigenvalue weighted by molar-refractivity contribution is 0.593. The molecule has 1 aromatic carbocycles. The lowest BCUT2D eigenvalue weighted by Gasteiger charge is -1.99. The van der Waals surface area contributed by atoms with Crippen molar-refractivity contribution < 1.29 is 4.42 Å². The summed E-state index contributed by atoms with van der Waals surface area (Å²) in [6.45, 7) is 1.93. The van der Waals surface area contributed by atoms with Crippen molar-refractivity contribution in [1.29, 1.82) is 5.26 Å². The van der Waals surface area contributed by atoms with Gasteiger partial charge < -0.3 is 10.2 Å². The van der Waals surface area contributed by atoms with Gasteiger partial charge in [0, 0.05) is 0 Å². The highest BCUT2D eigenvalue weighted by Crippen LogP contribution is 2.30. The minimum atomic E-state index is 0.00846. The lowest BCUT2D eigenvalue weighted by Crippen LogP contribution is -1.84. The van der Waals surface area contributed by atoms with Crippen LogP contribution in [0.3, 0.4) is 0 Å². The maximum Gasteiger partial charge on any atom is 0.231 e. The minimum absolute atomic E-state index is 0.00846. The molecule has 0 amide bonds. The summed E-state index contributed by atoms with van der Waals surface area (Å²) in [6.07, 6.45) is 0. The number of halogens is 1. The van der Waals surface area contributed by atoms with Crippen LogP contribution in [0.1, 0.15) is 11.3 Å². The number of nitrogens with zero attached hydrogens (tertiary/aromatic N) is 2. The van der Waals surface area contributed by atoms with Crippen LogP contribution in [0.5, 0.6) is 0 Å². The molecule has 2 N–H and O–H groups in total. The number of hydrogen-bond donors (Lipinski definition) is 1. The summed E-state index contributed by atoms with van der Waals surface area (Å²) < 4.78 is 5.17. The van der Waals surface area contributed by atoms with Gasteiger partial charge in [-0.25, -0.2) is 0 Å². The molecule has 0 aliphatic heterocycles. The number of oxazole rings is 1. The SMILES string of the molecule is Cc1ccc(-c2nc(C#N)c(N)o2)c(Cl)c1. The smallest absolute Gasteiger partial charge is 0.231 e. The zero-order valence-corrected chi connectivity index (χ0v) is 9.25. The van der Waals surface area contributed by atoms with Gasteiger partial charge in [-0.3, -0.25) is 0 Å². The van der Waals surface area contributed by atoms with Crippen LogP contribution in [0.4, 0.5) is 5.88 Å². The molecule has 0 spiro atoms. The monoisotopic (exact) mass is 233 g/mol. The second-order valence-corrected chi connectivity index (χ2v) is 3.73. The summed E-state index contributed by atoms with van der Waals surface area (Å²) in [5, 5.41) is 9.23. The summed E-state index contributed by atoms with van der Waals surface area (Å²) in [5.41, 5.74) is 7.21. The topological polar surface area (TPSA) is 75.8 Å². The van der Waals surface area contributed by atoms with Gasteiger partial charge >= 0.3 is 0 Å². The molecule has 1 heterocycles. The molecule has 0 saturated carbocycles. The molecule has 0 saturated heterocycles. The molecule has 2 rings (SSSR count). The number of benzene rings is 1. The summed E-state index contributed by atoms with van der Waals surface area (Å²) >= 11 is 6.05. The molecule has 0 radical (unpaired) electrons. The molecule has 16 heavy (non-hydrogen) atoms. The van der Waals surface area contributed by atoms with E-state index in [1.807, 2.05) is 19.1 Å². The fourth-order valence-corrected chi connectivity index (χ4v) is 1.64. The van der Waals surface area contributed by atoms with Crippen LogP contribution in [0.15, 0.2) is 22.6 Å². The predicted molar refractivity (Wildman–Crippen MR) is 60.8 cm³/mol. The average Bonchev–Trinajstić information content (AvgIpc) is 2.59. The van der Waals surface area contributed by atoms with Gasteiger partial charge in [0.15, 0.2) is 0 Å². The van der Waals surface area contributed by atoms with E-state index in [0.717, 1.165) is 5.56 Å². The Bertz CT molecular complexity index is 583. The molecule has 0 aliphatic rings. The number of nitrogens with two attached hydrogens (primary N) is 1. The van der Waals surface area contributed by atoms with Gasteiger partial charge in [-0.05, 0) is 24.6 Å². The molecule has 1 aromatic heterocycles. The standard InChI is InChI=1S/C11H8ClN3O/c1-6-2-3-7(8(12)4-6)11-15-9(5-13)10(14)16-11/h2-4H,14H2,1H3. The van der Waals surface area contributed by atoms with Crippen molar-refractivity contribution in [3.05, 3.63) is 34.5 Å². The van der Waals surface area contributed by atoms with Gasteiger partial charge in [0.1, 0.15) is 6.07 Å². The zero-order chi connectivity index (χ0) is 11.7. The molecule has 0 atom stereocenters. The summed E-state index contributed by atoms with van der Waals surface area (Å²) in [5.74, 6) is 0.271. The van der Waals surface area contributed by atoms with Crippen LogP contribution in [0.2, 0.25) is 5.02 Å². The average molecular weight is 234 g/mol. The number of aromatic nitrogens is 1. The number of nitrogen functional groups attached to an aromatic ring is 1. The summed E-state index contributed by atoms with van der Waals surface area (Å²) in [4.78, 5) is 3.95. The van der Waals surface area contributed by atoms with E-state index in [0.29, 0.717) is 10.6 Å². The van der Waals surface area contributed by atoms with E-state index < -0.39 is 0 Å². The molecule has 0 bridgehead atoms. The Morgan fingerprint density at radius 2 is 2.25 bits per heavy atom. The van der Waals surface area contributed by atoms with E-state index in [4.69, 9.17) is 27.0 Å². The maximum absolute atomic E-state index is 8.71. The van der Waals surface area contributed by atoms with Crippen molar-refractivity contribution in [1.82, 2.24) is 4.98 Å². The largest absolute Gasteiger partial charge is 0.419 e. The molecule has 2 aromatic rings. The number of hydrogen-bond acceptors (Lipinski definition) is 4. The summed E-state index contributed by atoms with van der Waals surface area (Å²) in [6, 6.07) is 7.30. The van der Waals surface area contributed by atoms with Gasteiger partial charge in [0.25, 0.3) is 0 Å². The van der Waals surface area contributed by atoms with E-state index in [-0.39, 0.29) is 17.5 Å². The Labute approximate surface area is 97.3 Å². The van der Waals surface area contributed by atoms with Crippen LogP contribution < -0.4 is 5.73 Å². The van der Waals surface area contributed by atoms with Crippen molar-refractivity contribution in [2.24, 2.45) is 0 Å². The predicted octanol–water partition coefficient (Wildman–Crippen LogP) is 2.76. The van der Waals surface area contributed by atoms with E-state index in [9.17, 15) is 0 Å². The highest BCUT2D eigenvalue weighted by molar-refractivity contribution is 6.33. The van der Waals surface area contributed by atoms with E-state index in [2.05, 4.69) is 4.98 Å². The van der Waals surface area contributed by atoms with Crippen molar-refractivity contribution in [2.45, 2.75) is 6.92 Å². The van der Waals surface area contributed by atoms with E-state index in [1.54, 1.807) is 12.1 Å². The zero-order valence-electron chi connectivity index (χ0n) is 8.49. The van der Waals surface area contributed by atoms with Crippen molar-refractivity contribution in [3.8, 4) is 17.5 Å². The van der Waals surface area contributed by atoms with Crippen LogP contribution in [-0.2, 0) is 0 Å². The van der Waals surface area contributed by atoms with E-state index >= 15 is 0 Å². The number of nitriles is 1. The van der Waals surface area contributed by atoms with Crippen molar-refractivity contribution >= 4 is 17.5 Å². The number of aryl methyl sites for hydroxylation is 1. The first-order chi connectivity index (χ1) is 7.61. The molecule has 4 nitrogen and oxygen atoms in total. The Morgan fingerprint density at radius 1 is 1.50 bits per heavy atom. The van der Waals surface area contributed by atoms with Gasteiger partial charge in [-0.1, -0.05) is 17.7 Å². The molecule has 5 heteroatoms. The van der Waals surface area contributed by atoms with Crippen LogP contribution in [-0.4, -0.2) is 4.98 Å². The van der Waals surface area contributed by atoms with Crippen LogP contribution in [0.25, 0.3) is 11.5 Å². The first kappa shape index (κ1) is 10.5. The number of rotatable bonds is 1. The Kier molecular flexibility index (Phi) is 2.55. The fourth-order valence-electron chi connectivity index (χ4n) is 1.32. The lowest BCUT2D eigenvalue weighted by atomic mass is 10.1. The van der Waals surface area contributed by atoms with Crippen LogP contribution in [0, 0.1) is 18.3 Å². The maximum atomic E-state index is 8.71. The molecule has 0 fully saturated rings. The molecule has 0 unspecified atom stereocenters. The molecule has 80 valence electrons. The van der Waals surface area contributed by atoms with Gasteiger partial charge in [0.05, 0.1) is 10.6 Å².